The Kier molecular flexibility index (Phi) is 4.81. The predicted molar refractivity (Wildman–Crippen MR) is 85.0 cm³/mol. The SMILES string of the molecule is CCCc1nc(N2CCN(C(C)(C)C)CC2)sc1C=O. The Morgan fingerprint density at radius 3 is 2.40 bits per heavy atom. The van der Waals surface area contributed by atoms with E-state index in [1.807, 2.05) is 0 Å². The molecule has 1 aromatic rings. The number of hydrogen-bond donors (Lipinski definition) is 0. The molecule has 1 aliphatic rings. The first-order chi connectivity index (χ1) is 9.45. The number of nitrogens with zero attached hydrogens (tertiary/aromatic N) is 3. The Bertz CT molecular complexity index is 456. The first kappa shape index (κ1) is 15.4. The van der Waals surface area contributed by atoms with Crippen molar-refractivity contribution in [2.75, 3.05) is 31.1 Å². The molecule has 0 saturated carbocycles. The van der Waals surface area contributed by atoms with Crippen molar-refractivity contribution in [2.45, 2.75) is 46.1 Å². The van der Waals surface area contributed by atoms with Gasteiger partial charge >= 0.3 is 0 Å². The van der Waals surface area contributed by atoms with E-state index in [1.54, 1.807) is 11.3 Å². The average molecular weight is 295 g/mol. The lowest BCUT2D eigenvalue weighted by Gasteiger charge is -2.42. The Morgan fingerprint density at radius 1 is 1.25 bits per heavy atom. The number of rotatable bonds is 4. The standard InChI is InChI=1S/C15H25N3OS/c1-5-6-12-13(11-19)20-14(16-12)17-7-9-18(10-8-17)15(2,3)4/h11H,5-10H2,1-4H3. The molecule has 5 heteroatoms. The topological polar surface area (TPSA) is 36.4 Å². The summed E-state index contributed by atoms with van der Waals surface area (Å²) < 4.78 is 0. The summed E-state index contributed by atoms with van der Waals surface area (Å²) in [6.07, 6.45) is 2.88. The van der Waals surface area contributed by atoms with E-state index >= 15 is 0 Å². The van der Waals surface area contributed by atoms with E-state index in [4.69, 9.17) is 0 Å². The molecule has 4 nitrogen and oxygen atoms in total. The van der Waals surface area contributed by atoms with Crippen molar-refractivity contribution in [2.24, 2.45) is 0 Å². The van der Waals surface area contributed by atoms with Crippen LogP contribution in [0.3, 0.4) is 0 Å². The fourth-order valence-electron chi connectivity index (χ4n) is 2.56. The van der Waals surface area contributed by atoms with Gasteiger partial charge in [-0.3, -0.25) is 9.69 Å². The van der Waals surface area contributed by atoms with Gasteiger partial charge in [-0.1, -0.05) is 24.7 Å². The molecule has 2 heterocycles. The molecular formula is C15H25N3OS. The van der Waals surface area contributed by atoms with Crippen molar-refractivity contribution in [3.8, 4) is 0 Å². The molecule has 1 aliphatic heterocycles. The van der Waals surface area contributed by atoms with Crippen molar-refractivity contribution in [3.05, 3.63) is 10.6 Å². The van der Waals surface area contributed by atoms with E-state index in [-0.39, 0.29) is 5.54 Å². The van der Waals surface area contributed by atoms with Crippen LogP contribution in [0.15, 0.2) is 0 Å². The van der Waals surface area contributed by atoms with Gasteiger partial charge in [-0.15, -0.1) is 0 Å². The first-order valence-corrected chi connectivity index (χ1v) is 8.22. The van der Waals surface area contributed by atoms with Crippen LogP contribution in [0.2, 0.25) is 0 Å². The maximum absolute atomic E-state index is 11.1. The van der Waals surface area contributed by atoms with Crippen LogP contribution in [0.5, 0.6) is 0 Å². The van der Waals surface area contributed by atoms with E-state index in [0.717, 1.165) is 61.0 Å². The van der Waals surface area contributed by atoms with Crippen LogP contribution in [0, 0.1) is 0 Å². The van der Waals surface area contributed by atoms with Gasteiger partial charge in [0.1, 0.15) is 0 Å². The highest BCUT2D eigenvalue weighted by molar-refractivity contribution is 7.17. The lowest BCUT2D eigenvalue weighted by Crippen LogP contribution is -2.53. The maximum Gasteiger partial charge on any atom is 0.186 e. The second kappa shape index (κ2) is 6.22. The quantitative estimate of drug-likeness (QED) is 0.800. The largest absolute Gasteiger partial charge is 0.346 e. The van der Waals surface area contributed by atoms with Gasteiger partial charge in [0.2, 0.25) is 0 Å². The molecule has 1 aromatic heterocycles. The van der Waals surface area contributed by atoms with Crippen molar-refractivity contribution >= 4 is 22.8 Å². The number of aryl methyl sites for hydroxylation is 1. The highest BCUT2D eigenvalue weighted by Gasteiger charge is 2.27. The first-order valence-electron chi connectivity index (χ1n) is 7.40. The van der Waals surface area contributed by atoms with Crippen LogP contribution < -0.4 is 4.90 Å². The third kappa shape index (κ3) is 3.38. The molecule has 2 rings (SSSR count). The molecule has 20 heavy (non-hydrogen) atoms. The van der Waals surface area contributed by atoms with Gasteiger partial charge in [0.05, 0.1) is 10.6 Å². The fraction of sp³-hybridized carbons (Fsp3) is 0.733. The van der Waals surface area contributed by atoms with Crippen molar-refractivity contribution in [3.63, 3.8) is 0 Å². The molecule has 0 N–H and O–H groups in total. The number of piperazine rings is 1. The lowest BCUT2D eigenvalue weighted by atomic mass is 10.1. The summed E-state index contributed by atoms with van der Waals surface area (Å²) in [7, 11) is 0. The summed E-state index contributed by atoms with van der Waals surface area (Å²) in [5.74, 6) is 0. The van der Waals surface area contributed by atoms with Gasteiger partial charge in [-0.05, 0) is 27.2 Å². The number of aldehydes is 1. The third-order valence-electron chi connectivity index (χ3n) is 3.81. The van der Waals surface area contributed by atoms with E-state index in [2.05, 4.69) is 42.5 Å². The number of carbonyl (C=O) groups excluding carboxylic acids is 1. The minimum atomic E-state index is 0.232. The predicted octanol–water partition coefficient (Wildman–Crippen LogP) is 2.83. The van der Waals surface area contributed by atoms with E-state index in [0.29, 0.717) is 0 Å². The van der Waals surface area contributed by atoms with Gasteiger partial charge in [-0.25, -0.2) is 4.98 Å². The number of aromatic nitrogens is 1. The maximum atomic E-state index is 11.1. The molecular weight excluding hydrogens is 270 g/mol. The minimum absolute atomic E-state index is 0.232. The number of thiazole rings is 1. The zero-order valence-corrected chi connectivity index (χ0v) is 13.8. The normalized spacial score (nSPS) is 17.5. The summed E-state index contributed by atoms with van der Waals surface area (Å²) in [5.41, 5.74) is 1.21. The van der Waals surface area contributed by atoms with Crippen LogP contribution >= 0.6 is 11.3 Å². The molecule has 1 fully saturated rings. The van der Waals surface area contributed by atoms with E-state index in [1.165, 1.54) is 0 Å². The molecule has 0 spiro atoms. The van der Waals surface area contributed by atoms with Gasteiger partial charge < -0.3 is 4.90 Å². The fourth-order valence-corrected chi connectivity index (χ4v) is 3.54. The summed E-state index contributed by atoms with van der Waals surface area (Å²) in [5, 5.41) is 1.02. The zero-order chi connectivity index (χ0) is 14.8. The highest BCUT2D eigenvalue weighted by Crippen LogP contribution is 2.28. The number of anilines is 1. The van der Waals surface area contributed by atoms with Gasteiger partial charge in [0, 0.05) is 31.7 Å². The second-order valence-corrected chi connectivity index (χ2v) is 7.33. The Hall–Kier alpha value is -0.940. The summed E-state index contributed by atoms with van der Waals surface area (Å²) in [4.78, 5) is 21.4. The lowest BCUT2D eigenvalue weighted by molar-refractivity contribution is 0.112. The van der Waals surface area contributed by atoms with Crippen molar-refractivity contribution in [1.29, 1.82) is 0 Å². The Labute approximate surface area is 125 Å². The summed E-state index contributed by atoms with van der Waals surface area (Å²) >= 11 is 1.54. The molecule has 0 atom stereocenters. The summed E-state index contributed by atoms with van der Waals surface area (Å²) in [6, 6.07) is 0. The average Bonchev–Trinajstić information content (AvgIpc) is 2.81. The monoisotopic (exact) mass is 295 g/mol. The molecule has 0 aliphatic carbocycles. The van der Waals surface area contributed by atoms with Gasteiger partial charge in [0.15, 0.2) is 11.4 Å². The van der Waals surface area contributed by atoms with Gasteiger partial charge in [0.25, 0.3) is 0 Å². The molecule has 112 valence electrons. The van der Waals surface area contributed by atoms with Crippen LogP contribution in [0.1, 0.15) is 49.5 Å². The zero-order valence-electron chi connectivity index (χ0n) is 13.0. The van der Waals surface area contributed by atoms with Crippen LogP contribution in [0.4, 0.5) is 5.13 Å². The minimum Gasteiger partial charge on any atom is -0.346 e. The van der Waals surface area contributed by atoms with Gasteiger partial charge in [-0.2, -0.15) is 0 Å². The third-order valence-corrected chi connectivity index (χ3v) is 4.89. The molecule has 0 amide bonds. The smallest absolute Gasteiger partial charge is 0.186 e. The Balaban J connectivity index is 2.05. The van der Waals surface area contributed by atoms with Crippen molar-refractivity contribution < 1.29 is 4.79 Å². The Morgan fingerprint density at radius 2 is 1.90 bits per heavy atom. The number of carbonyl (C=O) groups is 1. The van der Waals surface area contributed by atoms with E-state index < -0.39 is 0 Å². The highest BCUT2D eigenvalue weighted by atomic mass is 32.1. The molecule has 0 bridgehead atoms. The van der Waals surface area contributed by atoms with Crippen molar-refractivity contribution in [1.82, 2.24) is 9.88 Å². The molecule has 1 saturated heterocycles. The molecule has 0 unspecified atom stereocenters. The molecule has 0 aromatic carbocycles. The van der Waals surface area contributed by atoms with E-state index in [9.17, 15) is 4.79 Å². The summed E-state index contributed by atoms with van der Waals surface area (Å²) in [6.45, 7) is 13.0. The second-order valence-electron chi connectivity index (χ2n) is 6.32. The number of hydrogen-bond acceptors (Lipinski definition) is 5. The van der Waals surface area contributed by atoms with Crippen LogP contribution in [0.25, 0.3) is 0 Å². The van der Waals surface area contributed by atoms with Crippen LogP contribution in [-0.4, -0.2) is 47.9 Å². The van der Waals surface area contributed by atoms with Crippen LogP contribution in [-0.2, 0) is 6.42 Å². The molecule has 0 radical (unpaired) electrons.